The van der Waals surface area contributed by atoms with Crippen molar-refractivity contribution in [3.8, 4) is 0 Å². The van der Waals surface area contributed by atoms with E-state index in [0.29, 0.717) is 6.61 Å². The van der Waals surface area contributed by atoms with Crippen molar-refractivity contribution in [1.29, 1.82) is 0 Å². The predicted octanol–water partition coefficient (Wildman–Crippen LogP) is 0.159. The standard InChI is InChI=1S/C10H12N2O2/c11-9-10(13)14-6-8(12-9)7-4-2-1-3-5-7/h1-5,8-9,12H,6,11H2/t8-,9+/m1/s1. The average molecular weight is 192 g/mol. The Bertz CT molecular complexity index is 326. The highest BCUT2D eigenvalue weighted by atomic mass is 16.5. The van der Waals surface area contributed by atoms with Crippen molar-refractivity contribution < 1.29 is 9.53 Å². The van der Waals surface area contributed by atoms with Gasteiger partial charge in [0.05, 0.1) is 6.04 Å². The molecule has 0 spiro atoms. The second kappa shape index (κ2) is 3.77. The van der Waals surface area contributed by atoms with Crippen LogP contribution in [0, 0.1) is 0 Å². The smallest absolute Gasteiger partial charge is 0.337 e. The van der Waals surface area contributed by atoms with Crippen molar-refractivity contribution in [2.75, 3.05) is 6.61 Å². The van der Waals surface area contributed by atoms with Gasteiger partial charge >= 0.3 is 5.97 Å². The molecule has 0 unspecified atom stereocenters. The van der Waals surface area contributed by atoms with E-state index in [0.717, 1.165) is 5.56 Å². The van der Waals surface area contributed by atoms with Crippen LogP contribution >= 0.6 is 0 Å². The lowest BCUT2D eigenvalue weighted by atomic mass is 10.1. The third kappa shape index (κ3) is 1.76. The molecule has 2 rings (SSSR count). The molecular weight excluding hydrogens is 180 g/mol. The van der Waals surface area contributed by atoms with Gasteiger partial charge in [0.2, 0.25) is 0 Å². The molecule has 14 heavy (non-hydrogen) atoms. The number of carbonyl (C=O) groups is 1. The van der Waals surface area contributed by atoms with Crippen LogP contribution in [-0.4, -0.2) is 18.7 Å². The molecule has 0 aromatic heterocycles. The van der Waals surface area contributed by atoms with E-state index in [4.69, 9.17) is 10.5 Å². The SMILES string of the molecule is N[C@H]1N[C@@H](c2ccccc2)COC1=O. The van der Waals surface area contributed by atoms with Crippen molar-refractivity contribution in [2.45, 2.75) is 12.2 Å². The van der Waals surface area contributed by atoms with Gasteiger partial charge in [-0.1, -0.05) is 30.3 Å². The van der Waals surface area contributed by atoms with Gasteiger partial charge in [0.1, 0.15) is 6.61 Å². The molecule has 1 aliphatic rings. The molecule has 1 aromatic carbocycles. The highest BCUT2D eigenvalue weighted by Crippen LogP contribution is 2.16. The van der Waals surface area contributed by atoms with E-state index in [9.17, 15) is 4.79 Å². The molecular formula is C10H12N2O2. The number of morpholine rings is 1. The Balaban J connectivity index is 2.11. The van der Waals surface area contributed by atoms with Crippen LogP contribution in [0.3, 0.4) is 0 Å². The van der Waals surface area contributed by atoms with Gasteiger partial charge in [-0.3, -0.25) is 5.32 Å². The molecule has 0 amide bonds. The maximum atomic E-state index is 11.0. The van der Waals surface area contributed by atoms with Crippen LogP contribution in [0.1, 0.15) is 11.6 Å². The summed E-state index contributed by atoms with van der Waals surface area (Å²) in [5.74, 6) is -0.391. The Morgan fingerprint density at radius 3 is 2.71 bits per heavy atom. The number of hydrogen-bond acceptors (Lipinski definition) is 4. The Kier molecular flexibility index (Phi) is 2.47. The first-order chi connectivity index (χ1) is 6.77. The lowest BCUT2D eigenvalue weighted by Crippen LogP contribution is -2.52. The van der Waals surface area contributed by atoms with Crippen molar-refractivity contribution in [3.05, 3.63) is 35.9 Å². The summed E-state index contributed by atoms with van der Waals surface area (Å²) in [4.78, 5) is 11.0. The fourth-order valence-corrected chi connectivity index (χ4v) is 1.47. The van der Waals surface area contributed by atoms with Crippen LogP contribution in [-0.2, 0) is 9.53 Å². The van der Waals surface area contributed by atoms with E-state index in [1.165, 1.54) is 0 Å². The lowest BCUT2D eigenvalue weighted by Gasteiger charge is -2.27. The highest BCUT2D eigenvalue weighted by molar-refractivity contribution is 5.75. The number of rotatable bonds is 1. The van der Waals surface area contributed by atoms with Crippen LogP contribution < -0.4 is 11.1 Å². The minimum absolute atomic E-state index is 0.00361. The molecule has 1 aliphatic heterocycles. The summed E-state index contributed by atoms with van der Waals surface area (Å²) in [6.07, 6.45) is -0.714. The van der Waals surface area contributed by atoms with E-state index in [1.807, 2.05) is 30.3 Å². The van der Waals surface area contributed by atoms with Crippen LogP contribution in [0.2, 0.25) is 0 Å². The van der Waals surface area contributed by atoms with E-state index in [-0.39, 0.29) is 6.04 Å². The molecule has 3 N–H and O–H groups in total. The number of esters is 1. The number of cyclic esters (lactones) is 1. The second-order valence-electron chi connectivity index (χ2n) is 3.24. The van der Waals surface area contributed by atoms with Crippen LogP contribution in [0.15, 0.2) is 30.3 Å². The van der Waals surface area contributed by atoms with Gasteiger partial charge in [0.15, 0.2) is 6.17 Å². The Labute approximate surface area is 82.1 Å². The van der Waals surface area contributed by atoms with Crippen LogP contribution in [0.4, 0.5) is 0 Å². The molecule has 0 bridgehead atoms. The number of benzene rings is 1. The summed E-state index contributed by atoms with van der Waals surface area (Å²) in [5.41, 5.74) is 6.60. The van der Waals surface area contributed by atoms with Gasteiger partial charge in [-0.05, 0) is 5.56 Å². The summed E-state index contributed by atoms with van der Waals surface area (Å²) in [7, 11) is 0. The van der Waals surface area contributed by atoms with Gasteiger partial charge in [-0.25, -0.2) is 4.79 Å². The van der Waals surface area contributed by atoms with Crippen LogP contribution in [0.25, 0.3) is 0 Å². The largest absolute Gasteiger partial charge is 0.462 e. The maximum Gasteiger partial charge on any atom is 0.337 e. The number of nitrogens with one attached hydrogen (secondary N) is 1. The normalized spacial score (nSPS) is 27.1. The Morgan fingerprint density at radius 1 is 1.36 bits per heavy atom. The Hall–Kier alpha value is -1.39. The third-order valence-electron chi connectivity index (χ3n) is 2.23. The zero-order valence-electron chi connectivity index (χ0n) is 7.64. The molecule has 1 aromatic rings. The first-order valence-corrected chi connectivity index (χ1v) is 4.50. The van der Waals surface area contributed by atoms with Gasteiger partial charge in [-0.2, -0.15) is 0 Å². The molecule has 4 heteroatoms. The molecule has 74 valence electrons. The molecule has 0 saturated carbocycles. The highest BCUT2D eigenvalue weighted by Gasteiger charge is 2.27. The quantitative estimate of drug-likeness (QED) is 0.622. The van der Waals surface area contributed by atoms with Crippen LogP contribution in [0.5, 0.6) is 0 Å². The molecule has 2 atom stereocenters. The van der Waals surface area contributed by atoms with Crippen molar-refractivity contribution in [3.63, 3.8) is 0 Å². The molecule has 1 saturated heterocycles. The van der Waals surface area contributed by atoms with Crippen molar-refractivity contribution >= 4 is 5.97 Å². The zero-order valence-corrected chi connectivity index (χ0v) is 7.64. The minimum Gasteiger partial charge on any atom is -0.462 e. The summed E-state index contributed by atoms with van der Waals surface area (Å²) < 4.78 is 4.93. The monoisotopic (exact) mass is 192 g/mol. The summed E-state index contributed by atoms with van der Waals surface area (Å²) in [5, 5.41) is 2.99. The summed E-state index contributed by atoms with van der Waals surface area (Å²) >= 11 is 0. The summed E-state index contributed by atoms with van der Waals surface area (Å²) in [6, 6.07) is 9.78. The van der Waals surface area contributed by atoms with Gasteiger partial charge in [-0.15, -0.1) is 0 Å². The average Bonchev–Trinajstić information content (AvgIpc) is 2.23. The Morgan fingerprint density at radius 2 is 2.07 bits per heavy atom. The molecule has 1 heterocycles. The lowest BCUT2D eigenvalue weighted by molar-refractivity contribution is -0.151. The number of ether oxygens (including phenoxy) is 1. The van der Waals surface area contributed by atoms with Crippen molar-refractivity contribution in [2.24, 2.45) is 5.73 Å². The summed E-state index contributed by atoms with van der Waals surface area (Å²) in [6.45, 7) is 0.344. The third-order valence-corrected chi connectivity index (χ3v) is 2.23. The van der Waals surface area contributed by atoms with E-state index in [2.05, 4.69) is 5.32 Å². The first kappa shape index (κ1) is 9.18. The number of nitrogens with two attached hydrogens (primary N) is 1. The predicted molar refractivity (Wildman–Crippen MR) is 51.3 cm³/mol. The van der Waals surface area contributed by atoms with Gasteiger partial charge in [0.25, 0.3) is 0 Å². The van der Waals surface area contributed by atoms with Gasteiger partial charge in [0, 0.05) is 0 Å². The van der Waals surface area contributed by atoms with E-state index >= 15 is 0 Å². The molecule has 4 nitrogen and oxygen atoms in total. The number of carbonyl (C=O) groups excluding carboxylic acids is 1. The van der Waals surface area contributed by atoms with Gasteiger partial charge < -0.3 is 10.5 Å². The first-order valence-electron chi connectivity index (χ1n) is 4.50. The molecule has 0 aliphatic carbocycles. The van der Waals surface area contributed by atoms with E-state index in [1.54, 1.807) is 0 Å². The number of hydrogen-bond donors (Lipinski definition) is 2. The second-order valence-corrected chi connectivity index (χ2v) is 3.24. The molecule has 0 radical (unpaired) electrons. The molecule has 1 fully saturated rings. The van der Waals surface area contributed by atoms with Crippen molar-refractivity contribution in [1.82, 2.24) is 5.32 Å². The maximum absolute atomic E-state index is 11.0. The fraction of sp³-hybridized carbons (Fsp3) is 0.300. The topological polar surface area (TPSA) is 64.3 Å². The van der Waals surface area contributed by atoms with E-state index < -0.39 is 12.1 Å². The fourth-order valence-electron chi connectivity index (χ4n) is 1.47. The minimum atomic E-state index is -0.714. The zero-order chi connectivity index (χ0) is 9.97.